The smallest absolute Gasteiger partial charge is 0.179 e. The van der Waals surface area contributed by atoms with Crippen LogP contribution in [-0.4, -0.2) is 21.6 Å². The minimum atomic E-state index is -3.42. The standard InChI is InChI=1S/C16H13Cl3O4S/c17-12-2-1-10(5-13(12)18)8-24(20,21)9-11-6-14(19)16-15(7-11)22-3-4-23-16/h1-2,5-7H,3-4,8-9H2. The van der Waals surface area contributed by atoms with Gasteiger partial charge in [-0.1, -0.05) is 40.9 Å². The van der Waals surface area contributed by atoms with Crippen LogP contribution in [0.15, 0.2) is 30.3 Å². The summed E-state index contributed by atoms with van der Waals surface area (Å²) in [6.07, 6.45) is 0. The summed E-state index contributed by atoms with van der Waals surface area (Å²) < 4.78 is 35.8. The number of hydrogen-bond donors (Lipinski definition) is 0. The Morgan fingerprint density at radius 3 is 2.25 bits per heavy atom. The summed E-state index contributed by atoms with van der Waals surface area (Å²) in [6, 6.07) is 8.00. The molecule has 8 heteroatoms. The topological polar surface area (TPSA) is 52.6 Å². The minimum absolute atomic E-state index is 0.143. The van der Waals surface area contributed by atoms with E-state index in [0.29, 0.717) is 50.9 Å². The summed E-state index contributed by atoms with van der Waals surface area (Å²) in [7, 11) is -3.42. The predicted octanol–water partition coefficient (Wildman–Crippen LogP) is 4.53. The van der Waals surface area contributed by atoms with Gasteiger partial charge < -0.3 is 9.47 Å². The first-order chi connectivity index (χ1) is 11.3. The van der Waals surface area contributed by atoms with Gasteiger partial charge in [-0.15, -0.1) is 0 Å². The van der Waals surface area contributed by atoms with Crippen LogP contribution < -0.4 is 9.47 Å². The van der Waals surface area contributed by atoms with Crippen LogP contribution in [-0.2, 0) is 21.3 Å². The third-order valence-corrected chi connectivity index (χ3v) is 5.98. The van der Waals surface area contributed by atoms with Gasteiger partial charge in [-0.05, 0) is 35.4 Å². The number of sulfone groups is 1. The SMILES string of the molecule is O=S(=O)(Cc1ccc(Cl)c(Cl)c1)Cc1cc(Cl)c2c(c1)OCCO2. The Hall–Kier alpha value is -1.14. The highest BCUT2D eigenvalue weighted by Gasteiger charge is 2.20. The molecule has 1 heterocycles. The first kappa shape index (κ1) is 17.7. The van der Waals surface area contributed by atoms with Crippen molar-refractivity contribution in [1.29, 1.82) is 0 Å². The van der Waals surface area contributed by atoms with Crippen LogP contribution in [0.1, 0.15) is 11.1 Å². The van der Waals surface area contributed by atoms with E-state index in [1.807, 2.05) is 0 Å². The summed E-state index contributed by atoms with van der Waals surface area (Å²) in [6.45, 7) is 0.824. The molecule has 0 bridgehead atoms. The lowest BCUT2D eigenvalue weighted by atomic mass is 10.2. The Labute approximate surface area is 155 Å². The average molecular weight is 408 g/mol. The maximum atomic E-state index is 12.5. The molecule has 128 valence electrons. The molecule has 0 spiro atoms. The lowest BCUT2D eigenvalue weighted by Crippen LogP contribution is -2.16. The molecule has 0 saturated heterocycles. The molecule has 0 saturated carbocycles. The van der Waals surface area contributed by atoms with Crippen molar-refractivity contribution in [2.24, 2.45) is 0 Å². The third-order valence-electron chi connectivity index (χ3n) is 3.41. The first-order valence-corrected chi connectivity index (χ1v) is 10.0. The molecule has 2 aromatic rings. The lowest BCUT2D eigenvalue weighted by Gasteiger charge is -2.20. The summed E-state index contributed by atoms with van der Waals surface area (Å²) in [5, 5.41) is 1.05. The molecule has 0 fully saturated rings. The Kier molecular flexibility index (Phi) is 5.16. The van der Waals surface area contributed by atoms with E-state index in [4.69, 9.17) is 44.3 Å². The van der Waals surface area contributed by atoms with Crippen LogP contribution >= 0.6 is 34.8 Å². The largest absolute Gasteiger partial charge is 0.486 e. The number of halogens is 3. The molecule has 0 aliphatic carbocycles. The highest BCUT2D eigenvalue weighted by molar-refractivity contribution is 7.89. The Balaban J connectivity index is 1.81. The number of rotatable bonds is 4. The van der Waals surface area contributed by atoms with Crippen molar-refractivity contribution in [1.82, 2.24) is 0 Å². The predicted molar refractivity (Wildman–Crippen MR) is 95.2 cm³/mol. The van der Waals surface area contributed by atoms with E-state index in [2.05, 4.69) is 0 Å². The first-order valence-electron chi connectivity index (χ1n) is 7.06. The van der Waals surface area contributed by atoms with Crippen molar-refractivity contribution in [2.75, 3.05) is 13.2 Å². The van der Waals surface area contributed by atoms with Crippen LogP contribution in [0.4, 0.5) is 0 Å². The maximum absolute atomic E-state index is 12.5. The van der Waals surface area contributed by atoms with E-state index in [1.54, 1.807) is 30.3 Å². The van der Waals surface area contributed by atoms with E-state index in [9.17, 15) is 8.42 Å². The summed E-state index contributed by atoms with van der Waals surface area (Å²) >= 11 is 17.9. The van der Waals surface area contributed by atoms with Gasteiger partial charge in [0.1, 0.15) is 13.2 Å². The van der Waals surface area contributed by atoms with E-state index in [0.717, 1.165) is 0 Å². The molecular weight excluding hydrogens is 395 g/mol. The summed E-state index contributed by atoms with van der Waals surface area (Å²) in [5.41, 5.74) is 1.12. The number of hydrogen-bond acceptors (Lipinski definition) is 4. The molecule has 1 aliphatic rings. The fraction of sp³-hybridized carbons (Fsp3) is 0.250. The molecule has 0 N–H and O–H groups in total. The molecule has 4 nitrogen and oxygen atoms in total. The van der Waals surface area contributed by atoms with Crippen molar-refractivity contribution in [3.8, 4) is 11.5 Å². The molecule has 0 atom stereocenters. The van der Waals surface area contributed by atoms with E-state index in [-0.39, 0.29) is 11.5 Å². The van der Waals surface area contributed by atoms with Gasteiger partial charge in [-0.3, -0.25) is 0 Å². The zero-order valence-electron chi connectivity index (χ0n) is 12.4. The highest BCUT2D eigenvalue weighted by atomic mass is 35.5. The lowest BCUT2D eigenvalue weighted by molar-refractivity contribution is 0.171. The zero-order valence-corrected chi connectivity index (χ0v) is 15.5. The second-order valence-electron chi connectivity index (χ2n) is 5.38. The molecular formula is C16H13Cl3O4S. The van der Waals surface area contributed by atoms with Crippen LogP contribution in [0.3, 0.4) is 0 Å². The summed E-state index contributed by atoms with van der Waals surface area (Å²) in [5.74, 6) is 0.613. The number of ether oxygens (including phenoxy) is 2. The highest BCUT2D eigenvalue weighted by Crippen LogP contribution is 2.38. The second kappa shape index (κ2) is 7.00. The van der Waals surface area contributed by atoms with E-state index in [1.165, 1.54) is 0 Å². The van der Waals surface area contributed by atoms with Crippen LogP contribution in [0.5, 0.6) is 11.5 Å². The normalized spacial score (nSPS) is 13.8. The van der Waals surface area contributed by atoms with Crippen LogP contribution in [0.25, 0.3) is 0 Å². The van der Waals surface area contributed by atoms with Gasteiger partial charge in [0.15, 0.2) is 21.3 Å². The molecule has 1 aliphatic heterocycles. The van der Waals surface area contributed by atoms with Gasteiger partial charge >= 0.3 is 0 Å². The molecule has 0 aromatic heterocycles. The molecule has 0 radical (unpaired) electrons. The quantitative estimate of drug-likeness (QED) is 0.747. The van der Waals surface area contributed by atoms with Crippen molar-refractivity contribution < 1.29 is 17.9 Å². The molecule has 0 unspecified atom stereocenters. The van der Waals surface area contributed by atoms with Gasteiger partial charge in [-0.2, -0.15) is 0 Å². The van der Waals surface area contributed by atoms with Gasteiger partial charge in [0, 0.05) is 0 Å². The molecule has 3 rings (SSSR count). The van der Waals surface area contributed by atoms with Gasteiger partial charge in [-0.25, -0.2) is 8.42 Å². The maximum Gasteiger partial charge on any atom is 0.179 e. The van der Waals surface area contributed by atoms with Crippen molar-refractivity contribution in [3.63, 3.8) is 0 Å². The molecule has 24 heavy (non-hydrogen) atoms. The Morgan fingerprint density at radius 1 is 0.833 bits per heavy atom. The fourth-order valence-electron chi connectivity index (χ4n) is 2.44. The zero-order chi connectivity index (χ0) is 17.3. The second-order valence-corrected chi connectivity index (χ2v) is 8.67. The van der Waals surface area contributed by atoms with Crippen molar-refractivity contribution in [3.05, 3.63) is 56.5 Å². The van der Waals surface area contributed by atoms with Gasteiger partial charge in [0.2, 0.25) is 0 Å². The number of fused-ring (bicyclic) bond motifs is 1. The summed E-state index contributed by atoms with van der Waals surface area (Å²) in [4.78, 5) is 0. The fourth-order valence-corrected chi connectivity index (χ4v) is 4.51. The van der Waals surface area contributed by atoms with E-state index >= 15 is 0 Å². The molecule has 0 amide bonds. The van der Waals surface area contributed by atoms with Crippen LogP contribution in [0.2, 0.25) is 15.1 Å². The average Bonchev–Trinajstić information content (AvgIpc) is 2.50. The Morgan fingerprint density at radius 2 is 1.50 bits per heavy atom. The van der Waals surface area contributed by atoms with E-state index < -0.39 is 9.84 Å². The monoisotopic (exact) mass is 406 g/mol. The Bertz CT molecular complexity index is 881. The third kappa shape index (κ3) is 4.09. The number of benzene rings is 2. The minimum Gasteiger partial charge on any atom is -0.486 e. The van der Waals surface area contributed by atoms with Crippen molar-refractivity contribution >= 4 is 44.6 Å². The van der Waals surface area contributed by atoms with Crippen molar-refractivity contribution in [2.45, 2.75) is 11.5 Å². The van der Waals surface area contributed by atoms with Gasteiger partial charge in [0.25, 0.3) is 0 Å². The molecule has 2 aromatic carbocycles. The van der Waals surface area contributed by atoms with Gasteiger partial charge in [0.05, 0.1) is 26.6 Å². The van der Waals surface area contributed by atoms with Crippen LogP contribution in [0, 0.1) is 0 Å².